The molecule has 1 N–H and O–H groups in total. The van der Waals surface area contributed by atoms with Gasteiger partial charge >= 0.3 is 11.9 Å². The van der Waals surface area contributed by atoms with Gasteiger partial charge in [0.05, 0.1) is 20.0 Å². The van der Waals surface area contributed by atoms with Crippen LogP contribution in [0.1, 0.15) is 23.2 Å². The van der Waals surface area contributed by atoms with E-state index in [1.165, 1.54) is 19.2 Å². The van der Waals surface area contributed by atoms with Crippen molar-refractivity contribution in [3.05, 3.63) is 34.9 Å². The zero-order valence-corrected chi connectivity index (χ0v) is 11.0. The lowest BCUT2D eigenvalue weighted by Crippen LogP contribution is -2.22. The molecule has 1 unspecified atom stereocenters. The number of aliphatic carboxylic acids is 1. The van der Waals surface area contributed by atoms with Gasteiger partial charge in [0, 0.05) is 16.5 Å². The van der Waals surface area contributed by atoms with Crippen LogP contribution >= 0.6 is 11.6 Å². The van der Waals surface area contributed by atoms with Crippen molar-refractivity contribution in [2.75, 3.05) is 7.11 Å². The Bertz CT molecular complexity index is 498. The molecule has 1 aromatic rings. The SMILES string of the molecule is COC(=O)CC(CC(=O)O)C(=O)c1cccc(Cl)c1. The average molecular weight is 285 g/mol. The van der Waals surface area contributed by atoms with Crippen molar-refractivity contribution in [1.82, 2.24) is 0 Å². The zero-order valence-electron chi connectivity index (χ0n) is 10.3. The molecule has 0 fully saturated rings. The van der Waals surface area contributed by atoms with Crippen LogP contribution in [-0.2, 0) is 14.3 Å². The van der Waals surface area contributed by atoms with Crippen LogP contribution in [0, 0.1) is 5.92 Å². The highest BCUT2D eigenvalue weighted by Crippen LogP contribution is 2.19. The number of ketones is 1. The van der Waals surface area contributed by atoms with Gasteiger partial charge in [0.25, 0.3) is 0 Å². The molecule has 0 amide bonds. The molecule has 0 saturated carbocycles. The number of Topliss-reactive ketones (excluding diaryl/α,β-unsaturated/α-hetero) is 1. The van der Waals surface area contributed by atoms with Crippen molar-refractivity contribution in [3.8, 4) is 0 Å². The second kappa shape index (κ2) is 6.89. The Balaban J connectivity index is 2.93. The number of hydrogen-bond acceptors (Lipinski definition) is 4. The minimum absolute atomic E-state index is 0.270. The second-order valence-electron chi connectivity index (χ2n) is 3.95. The summed E-state index contributed by atoms with van der Waals surface area (Å²) in [7, 11) is 1.18. The number of benzene rings is 1. The monoisotopic (exact) mass is 284 g/mol. The Morgan fingerprint density at radius 1 is 1.32 bits per heavy atom. The number of carboxylic acid groups (broad SMARTS) is 1. The van der Waals surface area contributed by atoms with Crippen molar-refractivity contribution in [3.63, 3.8) is 0 Å². The highest BCUT2D eigenvalue weighted by molar-refractivity contribution is 6.31. The van der Waals surface area contributed by atoms with Gasteiger partial charge in [0.15, 0.2) is 5.78 Å². The molecule has 1 atom stereocenters. The first-order chi connectivity index (χ1) is 8.93. The molecule has 5 nitrogen and oxygen atoms in total. The first-order valence-electron chi connectivity index (χ1n) is 5.52. The lowest BCUT2D eigenvalue weighted by molar-refractivity contribution is -0.142. The maximum Gasteiger partial charge on any atom is 0.306 e. The number of hydrogen-bond donors (Lipinski definition) is 1. The summed E-state index contributed by atoms with van der Waals surface area (Å²) in [6, 6.07) is 6.16. The molecule has 0 heterocycles. The van der Waals surface area contributed by atoms with E-state index in [2.05, 4.69) is 4.74 Å². The van der Waals surface area contributed by atoms with Gasteiger partial charge in [-0.1, -0.05) is 23.7 Å². The van der Waals surface area contributed by atoms with Gasteiger partial charge in [0.1, 0.15) is 0 Å². The van der Waals surface area contributed by atoms with E-state index in [-0.39, 0.29) is 12.0 Å². The lowest BCUT2D eigenvalue weighted by Gasteiger charge is -2.12. The molecule has 102 valence electrons. The summed E-state index contributed by atoms with van der Waals surface area (Å²) in [6.07, 6.45) is -0.700. The fourth-order valence-corrected chi connectivity index (χ4v) is 1.82. The standard InChI is InChI=1S/C13H13ClO5/c1-19-12(17)7-9(6-11(15)16)13(18)8-3-2-4-10(14)5-8/h2-5,9H,6-7H2,1H3,(H,15,16). The van der Waals surface area contributed by atoms with E-state index in [1.807, 2.05) is 0 Å². The topological polar surface area (TPSA) is 80.7 Å². The first-order valence-corrected chi connectivity index (χ1v) is 5.90. The molecule has 6 heteroatoms. The van der Waals surface area contributed by atoms with Crippen molar-refractivity contribution >= 4 is 29.3 Å². The number of esters is 1. The van der Waals surface area contributed by atoms with E-state index in [4.69, 9.17) is 16.7 Å². The quantitative estimate of drug-likeness (QED) is 0.639. The molecule has 0 spiro atoms. The molecule has 1 aromatic carbocycles. The average Bonchev–Trinajstić information content (AvgIpc) is 2.36. The molecule has 0 bridgehead atoms. The smallest absolute Gasteiger partial charge is 0.306 e. The molecular weight excluding hydrogens is 272 g/mol. The second-order valence-corrected chi connectivity index (χ2v) is 4.39. The van der Waals surface area contributed by atoms with Crippen molar-refractivity contribution in [2.45, 2.75) is 12.8 Å². The fraction of sp³-hybridized carbons (Fsp3) is 0.308. The Morgan fingerprint density at radius 3 is 2.53 bits per heavy atom. The van der Waals surface area contributed by atoms with E-state index in [0.717, 1.165) is 0 Å². The third-order valence-electron chi connectivity index (χ3n) is 2.54. The van der Waals surface area contributed by atoms with Gasteiger partial charge in [0.2, 0.25) is 0 Å². The summed E-state index contributed by atoms with van der Waals surface area (Å²) in [5.41, 5.74) is 0.280. The van der Waals surface area contributed by atoms with Crippen LogP contribution in [0.4, 0.5) is 0 Å². The number of methoxy groups -OCH3 is 1. The van der Waals surface area contributed by atoms with E-state index in [1.54, 1.807) is 12.1 Å². The lowest BCUT2D eigenvalue weighted by atomic mass is 9.92. The number of carbonyl (C=O) groups is 3. The van der Waals surface area contributed by atoms with Gasteiger partial charge < -0.3 is 9.84 Å². The van der Waals surface area contributed by atoms with Crippen molar-refractivity contribution < 1.29 is 24.2 Å². The Hall–Kier alpha value is -1.88. The van der Waals surface area contributed by atoms with Crippen molar-refractivity contribution in [2.24, 2.45) is 5.92 Å². The van der Waals surface area contributed by atoms with E-state index >= 15 is 0 Å². The molecule has 0 aliphatic heterocycles. The number of halogens is 1. The zero-order chi connectivity index (χ0) is 14.4. The van der Waals surface area contributed by atoms with E-state index in [0.29, 0.717) is 5.02 Å². The predicted octanol–water partition coefficient (Wildman–Crippen LogP) is 2.18. The number of ether oxygens (including phenoxy) is 1. The Morgan fingerprint density at radius 2 is 2.00 bits per heavy atom. The van der Waals surface area contributed by atoms with Gasteiger partial charge in [-0.25, -0.2) is 0 Å². The van der Waals surface area contributed by atoms with Crippen LogP contribution in [0.15, 0.2) is 24.3 Å². The number of carboxylic acids is 1. The van der Waals surface area contributed by atoms with Gasteiger partial charge in [-0.15, -0.1) is 0 Å². The van der Waals surface area contributed by atoms with Gasteiger partial charge in [-0.2, -0.15) is 0 Å². The highest BCUT2D eigenvalue weighted by atomic mass is 35.5. The molecule has 0 aliphatic carbocycles. The summed E-state index contributed by atoms with van der Waals surface area (Å²) < 4.78 is 4.46. The maximum atomic E-state index is 12.2. The molecule has 0 aliphatic rings. The van der Waals surface area contributed by atoms with Crippen LogP contribution in [-0.4, -0.2) is 29.9 Å². The molecule has 19 heavy (non-hydrogen) atoms. The Kier molecular flexibility index (Phi) is 5.51. The fourth-order valence-electron chi connectivity index (χ4n) is 1.63. The van der Waals surface area contributed by atoms with Crippen LogP contribution in [0.5, 0.6) is 0 Å². The van der Waals surface area contributed by atoms with Crippen LogP contribution in [0.2, 0.25) is 5.02 Å². The maximum absolute atomic E-state index is 12.2. The van der Waals surface area contributed by atoms with E-state index in [9.17, 15) is 14.4 Å². The normalized spacial score (nSPS) is 11.7. The van der Waals surface area contributed by atoms with Gasteiger partial charge in [-0.05, 0) is 12.1 Å². The molecular formula is C13H13ClO5. The molecule has 0 aromatic heterocycles. The summed E-state index contributed by atoms with van der Waals surface area (Å²) in [6.45, 7) is 0. The summed E-state index contributed by atoms with van der Waals surface area (Å²) >= 11 is 5.77. The van der Waals surface area contributed by atoms with Gasteiger partial charge in [-0.3, -0.25) is 14.4 Å². The third kappa shape index (κ3) is 4.71. The minimum Gasteiger partial charge on any atom is -0.481 e. The Labute approximate surface area is 115 Å². The molecule has 0 saturated heterocycles. The predicted molar refractivity (Wildman–Crippen MR) is 68.2 cm³/mol. The number of carbonyl (C=O) groups excluding carboxylic acids is 2. The minimum atomic E-state index is -1.15. The van der Waals surface area contributed by atoms with Crippen LogP contribution < -0.4 is 0 Å². The van der Waals surface area contributed by atoms with Crippen LogP contribution in [0.25, 0.3) is 0 Å². The van der Waals surface area contributed by atoms with Crippen molar-refractivity contribution in [1.29, 1.82) is 0 Å². The molecule has 1 rings (SSSR count). The third-order valence-corrected chi connectivity index (χ3v) is 2.78. The summed E-state index contributed by atoms with van der Waals surface area (Å²) in [5.74, 6) is -3.16. The van der Waals surface area contributed by atoms with Crippen LogP contribution in [0.3, 0.4) is 0 Å². The summed E-state index contributed by atoms with van der Waals surface area (Å²) in [5, 5.41) is 9.16. The largest absolute Gasteiger partial charge is 0.481 e. The molecule has 0 radical (unpaired) electrons. The number of rotatable bonds is 6. The van der Waals surface area contributed by atoms with E-state index < -0.39 is 30.1 Å². The first kappa shape index (κ1) is 15.2. The highest BCUT2D eigenvalue weighted by Gasteiger charge is 2.26. The summed E-state index contributed by atoms with van der Waals surface area (Å²) in [4.78, 5) is 34.1.